The zero-order valence-electron chi connectivity index (χ0n) is 12.1. The molecule has 0 atom stereocenters. The van der Waals surface area contributed by atoms with Gasteiger partial charge in [0.2, 0.25) is 5.96 Å². The van der Waals surface area contributed by atoms with Crippen molar-refractivity contribution in [3.05, 3.63) is 47.0 Å². The summed E-state index contributed by atoms with van der Waals surface area (Å²) in [6.45, 7) is 1.44. The minimum Gasteiger partial charge on any atom is -0.368 e. The third kappa shape index (κ3) is 3.17. The SMILES string of the molecule is NC1=NC(=O)C2=C(CNCCCc3ccccc3)C=NC2=N1. The summed E-state index contributed by atoms with van der Waals surface area (Å²) < 4.78 is 0. The van der Waals surface area contributed by atoms with Gasteiger partial charge in [-0.25, -0.2) is 4.99 Å². The van der Waals surface area contributed by atoms with Crippen LogP contribution in [-0.4, -0.2) is 37.0 Å². The lowest BCUT2D eigenvalue weighted by molar-refractivity contribution is -0.113. The monoisotopic (exact) mass is 295 g/mol. The van der Waals surface area contributed by atoms with Crippen LogP contribution in [0.3, 0.4) is 0 Å². The maximum Gasteiger partial charge on any atom is 0.284 e. The van der Waals surface area contributed by atoms with Gasteiger partial charge >= 0.3 is 0 Å². The second-order valence-corrected chi connectivity index (χ2v) is 5.13. The molecule has 0 saturated carbocycles. The van der Waals surface area contributed by atoms with Gasteiger partial charge in [0.05, 0.1) is 5.57 Å². The maximum atomic E-state index is 11.9. The molecule has 1 amide bonds. The highest BCUT2D eigenvalue weighted by atomic mass is 16.1. The fraction of sp³-hybridized carbons (Fsp3) is 0.250. The zero-order valence-corrected chi connectivity index (χ0v) is 12.1. The van der Waals surface area contributed by atoms with E-state index in [1.807, 2.05) is 18.2 Å². The average Bonchev–Trinajstić information content (AvgIpc) is 2.91. The number of aryl methyl sites for hydroxylation is 1. The Labute approximate surface area is 128 Å². The van der Waals surface area contributed by atoms with Gasteiger partial charge in [0.15, 0.2) is 5.84 Å². The minimum absolute atomic E-state index is 0.0297. The van der Waals surface area contributed by atoms with E-state index in [-0.39, 0.29) is 11.9 Å². The molecule has 1 aromatic carbocycles. The molecule has 3 N–H and O–H groups in total. The van der Waals surface area contributed by atoms with E-state index in [2.05, 4.69) is 32.4 Å². The first-order valence-electron chi connectivity index (χ1n) is 7.23. The standard InChI is InChI=1S/C16H17N5O/c17-16-20-14-13(15(22)21-16)12(10-19-14)9-18-8-4-7-11-5-2-1-3-6-11/h1-3,5-6,10,18H,4,7-9H2,(H2,17,21,22). The molecule has 2 aliphatic rings. The maximum absolute atomic E-state index is 11.9. The van der Waals surface area contributed by atoms with Gasteiger partial charge in [-0.15, -0.1) is 0 Å². The van der Waals surface area contributed by atoms with Gasteiger partial charge in [0.1, 0.15) is 0 Å². The van der Waals surface area contributed by atoms with Crippen LogP contribution in [0.2, 0.25) is 0 Å². The average molecular weight is 295 g/mol. The van der Waals surface area contributed by atoms with Crippen LogP contribution in [0.15, 0.2) is 56.5 Å². The Morgan fingerprint density at radius 3 is 2.77 bits per heavy atom. The number of rotatable bonds is 6. The predicted molar refractivity (Wildman–Crippen MR) is 87.2 cm³/mol. The molecule has 112 valence electrons. The molecular weight excluding hydrogens is 278 g/mol. The normalized spacial score (nSPS) is 16.6. The van der Waals surface area contributed by atoms with Crippen molar-refractivity contribution < 1.29 is 4.79 Å². The number of benzene rings is 1. The number of guanidine groups is 1. The van der Waals surface area contributed by atoms with Gasteiger partial charge in [-0.1, -0.05) is 30.3 Å². The number of amides is 1. The van der Waals surface area contributed by atoms with Crippen LogP contribution in [0.1, 0.15) is 12.0 Å². The van der Waals surface area contributed by atoms with E-state index in [4.69, 9.17) is 5.73 Å². The number of aliphatic imine (C=N–C) groups is 3. The van der Waals surface area contributed by atoms with Gasteiger partial charge in [0.25, 0.3) is 5.91 Å². The van der Waals surface area contributed by atoms with E-state index in [1.54, 1.807) is 6.21 Å². The Morgan fingerprint density at radius 2 is 1.95 bits per heavy atom. The van der Waals surface area contributed by atoms with Crippen LogP contribution in [-0.2, 0) is 11.2 Å². The fourth-order valence-corrected chi connectivity index (χ4v) is 2.44. The van der Waals surface area contributed by atoms with Crippen molar-refractivity contribution in [3.63, 3.8) is 0 Å². The minimum atomic E-state index is -0.360. The number of nitrogens with two attached hydrogens (primary N) is 1. The summed E-state index contributed by atoms with van der Waals surface area (Å²) in [6, 6.07) is 10.4. The second kappa shape index (κ2) is 6.44. The van der Waals surface area contributed by atoms with Gasteiger partial charge in [-0.2, -0.15) is 9.98 Å². The van der Waals surface area contributed by atoms with Crippen LogP contribution >= 0.6 is 0 Å². The third-order valence-electron chi connectivity index (χ3n) is 3.52. The van der Waals surface area contributed by atoms with Crippen molar-refractivity contribution in [1.82, 2.24) is 5.32 Å². The number of nitrogens with one attached hydrogen (secondary N) is 1. The Hall–Kier alpha value is -2.60. The quantitative estimate of drug-likeness (QED) is 0.762. The molecule has 6 nitrogen and oxygen atoms in total. The summed E-state index contributed by atoms with van der Waals surface area (Å²) in [5.74, 6) is -0.0161. The van der Waals surface area contributed by atoms with E-state index >= 15 is 0 Å². The summed E-state index contributed by atoms with van der Waals surface area (Å²) >= 11 is 0. The van der Waals surface area contributed by atoms with Gasteiger partial charge in [-0.05, 0) is 24.9 Å². The molecule has 3 rings (SSSR count). The lowest BCUT2D eigenvalue weighted by Crippen LogP contribution is -2.25. The van der Waals surface area contributed by atoms with E-state index in [0.717, 1.165) is 25.0 Å². The Balaban J connectivity index is 1.49. The Kier molecular flexibility index (Phi) is 4.20. The van der Waals surface area contributed by atoms with Gasteiger partial charge in [0, 0.05) is 18.3 Å². The molecule has 0 aliphatic carbocycles. The highest BCUT2D eigenvalue weighted by Gasteiger charge is 2.27. The lowest BCUT2D eigenvalue weighted by Gasteiger charge is -2.08. The largest absolute Gasteiger partial charge is 0.368 e. The smallest absolute Gasteiger partial charge is 0.284 e. The van der Waals surface area contributed by atoms with Crippen LogP contribution in [0, 0.1) is 0 Å². The van der Waals surface area contributed by atoms with Crippen LogP contribution in [0.25, 0.3) is 0 Å². The lowest BCUT2D eigenvalue weighted by atomic mass is 10.1. The summed E-state index contributed by atoms with van der Waals surface area (Å²) in [7, 11) is 0. The first-order valence-corrected chi connectivity index (χ1v) is 7.23. The van der Waals surface area contributed by atoms with Crippen molar-refractivity contribution >= 4 is 23.9 Å². The van der Waals surface area contributed by atoms with E-state index < -0.39 is 0 Å². The van der Waals surface area contributed by atoms with Gasteiger partial charge < -0.3 is 11.1 Å². The van der Waals surface area contributed by atoms with Crippen molar-refractivity contribution in [3.8, 4) is 0 Å². The molecule has 22 heavy (non-hydrogen) atoms. The Morgan fingerprint density at radius 1 is 1.14 bits per heavy atom. The van der Waals surface area contributed by atoms with E-state index in [9.17, 15) is 4.79 Å². The molecule has 0 bridgehead atoms. The number of carbonyl (C=O) groups excluding carboxylic acids is 1. The number of carbonyl (C=O) groups is 1. The predicted octanol–water partition coefficient (Wildman–Crippen LogP) is 0.843. The summed E-state index contributed by atoms with van der Waals surface area (Å²) in [6.07, 6.45) is 3.72. The molecule has 0 saturated heterocycles. The van der Waals surface area contributed by atoms with Gasteiger partial charge in [-0.3, -0.25) is 4.79 Å². The summed E-state index contributed by atoms with van der Waals surface area (Å²) in [4.78, 5) is 23.6. The summed E-state index contributed by atoms with van der Waals surface area (Å²) in [5.41, 5.74) is 8.06. The number of hydrogen-bond acceptors (Lipinski definition) is 5. The Bertz CT molecular complexity index is 701. The molecule has 0 aromatic heterocycles. The van der Waals surface area contributed by atoms with Crippen LogP contribution < -0.4 is 11.1 Å². The highest BCUT2D eigenvalue weighted by Crippen LogP contribution is 2.17. The third-order valence-corrected chi connectivity index (χ3v) is 3.52. The number of nitrogens with zero attached hydrogens (tertiary/aromatic N) is 3. The number of fused-ring (bicyclic) bond motifs is 1. The highest BCUT2D eigenvalue weighted by molar-refractivity contribution is 6.34. The van der Waals surface area contributed by atoms with Crippen molar-refractivity contribution in [2.45, 2.75) is 12.8 Å². The van der Waals surface area contributed by atoms with Crippen LogP contribution in [0.5, 0.6) is 0 Å². The molecule has 0 fully saturated rings. The van der Waals surface area contributed by atoms with Crippen molar-refractivity contribution in [2.24, 2.45) is 20.7 Å². The molecule has 2 aliphatic heterocycles. The first kappa shape index (κ1) is 14.3. The molecule has 6 heteroatoms. The first-order chi connectivity index (χ1) is 10.7. The number of hydrogen-bond donors (Lipinski definition) is 2. The van der Waals surface area contributed by atoms with Crippen LogP contribution in [0.4, 0.5) is 0 Å². The zero-order chi connectivity index (χ0) is 15.4. The molecule has 1 aromatic rings. The van der Waals surface area contributed by atoms with Crippen molar-refractivity contribution in [2.75, 3.05) is 13.1 Å². The fourth-order valence-electron chi connectivity index (χ4n) is 2.44. The van der Waals surface area contributed by atoms with E-state index in [1.165, 1.54) is 5.56 Å². The van der Waals surface area contributed by atoms with Crippen molar-refractivity contribution in [1.29, 1.82) is 0 Å². The molecule has 0 unspecified atom stereocenters. The molecule has 0 spiro atoms. The van der Waals surface area contributed by atoms with E-state index in [0.29, 0.717) is 18.0 Å². The molecule has 0 radical (unpaired) electrons. The topological polar surface area (TPSA) is 92.2 Å². The number of amidine groups is 1. The summed E-state index contributed by atoms with van der Waals surface area (Å²) in [5, 5.41) is 3.33. The molecule has 2 heterocycles. The second-order valence-electron chi connectivity index (χ2n) is 5.13. The molecular formula is C16H17N5O.